The van der Waals surface area contributed by atoms with Crippen LogP contribution in [-0.4, -0.2) is 16.0 Å². The highest BCUT2D eigenvalue weighted by Gasteiger charge is 2.29. The largest absolute Gasteiger partial charge is 0.328 e. The molecule has 0 unspecified atom stereocenters. The highest BCUT2D eigenvalue weighted by Crippen LogP contribution is 2.28. The molecule has 0 aliphatic heterocycles. The van der Waals surface area contributed by atoms with E-state index >= 15 is 0 Å². The molecule has 106 valence electrons. The van der Waals surface area contributed by atoms with Crippen LogP contribution < -0.4 is 0 Å². The average molecular weight is 268 g/mol. The minimum atomic E-state index is -3.10. The van der Waals surface area contributed by atoms with Crippen LogP contribution in [0.3, 0.4) is 0 Å². The number of halogens is 4. The molecule has 1 rings (SSSR count). The zero-order valence-electron chi connectivity index (χ0n) is 11.3. The van der Waals surface area contributed by atoms with Gasteiger partial charge in [-0.25, -0.2) is 13.8 Å². The average Bonchev–Trinajstić information content (AvgIpc) is 2.63. The molecule has 0 fully saturated rings. The monoisotopic (exact) mass is 268 g/mol. The third kappa shape index (κ3) is 4.66. The van der Waals surface area contributed by atoms with E-state index in [1.54, 1.807) is 13.8 Å². The summed E-state index contributed by atoms with van der Waals surface area (Å²) >= 11 is 0. The van der Waals surface area contributed by atoms with Crippen molar-refractivity contribution in [3.63, 3.8) is 0 Å². The van der Waals surface area contributed by atoms with Crippen molar-refractivity contribution in [3.05, 3.63) is 17.7 Å². The second-order valence-corrected chi connectivity index (χ2v) is 4.07. The van der Waals surface area contributed by atoms with Crippen LogP contribution in [0.4, 0.5) is 17.6 Å². The number of hydrogen-bond acceptors (Lipinski definition) is 1. The van der Waals surface area contributed by atoms with Gasteiger partial charge in [-0.1, -0.05) is 27.7 Å². The van der Waals surface area contributed by atoms with Crippen molar-refractivity contribution in [2.24, 2.45) is 0 Å². The molecular formula is C12H20F4N2. The lowest BCUT2D eigenvalue weighted by Crippen LogP contribution is -2.10. The Morgan fingerprint density at radius 3 is 2.11 bits per heavy atom. The molecule has 0 N–H and O–H groups in total. The van der Waals surface area contributed by atoms with Gasteiger partial charge in [0.05, 0.1) is 6.54 Å². The molecule has 0 amide bonds. The molecular weight excluding hydrogens is 248 g/mol. The number of hydrogen-bond donors (Lipinski definition) is 0. The summed E-state index contributed by atoms with van der Waals surface area (Å²) in [4.78, 5) is 3.71. The summed E-state index contributed by atoms with van der Waals surface area (Å²) in [5.41, 5.74) is -0.461. The molecule has 0 aliphatic rings. The first-order valence-electron chi connectivity index (χ1n) is 5.95. The fraction of sp³-hybridized carbons (Fsp3) is 0.750. The zero-order valence-corrected chi connectivity index (χ0v) is 11.3. The number of nitrogens with zero attached hydrogens (tertiary/aromatic N) is 2. The molecule has 0 saturated heterocycles. The maximum absolute atomic E-state index is 13.0. The molecule has 0 aromatic carbocycles. The van der Waals surface area contributed by atoms with Gasteiger partial charge >= 0.3 is 0 Å². The minimum absolute atomic E-state index is 0.171. The normalized spacial score (nSPS) is 11.7. The van der Waals surface area contributed by atoms with Crippen molar-refractivity contribution >= 4 is 0 Å². The summed E-state index contributed by atoms with van der Waals surface area (Å²) in [6.07, 6.45) is -1.58. The van der Waals surface area contributed by atoms with E-state index in [-0.39, 0.29) is 11.7 Å². The summed E-state index contributed by atoms with van der Waals surface area (Å²) in [6, 6.07) is 0. The number of imidazole rings is 1. The standard InChI is InChI=1S/C10H14F4N2.C2H6/c1-6(2)9-15-7(10(3,13)14)4-16(9)5-8(11)12;1-2/h4,6,8H,5H2,1-3H3;1-2H3. The Morgan fingerprint density at radius 2 is 1.78 bits per heavy atom. The molecule has 0 saturated carbocycles. The van der Waals surface area contributed by atoms with Gasteiger partial charge in [0.25, 0.3) is 12.3 Å². The van der Waals surface area contributed by atoms with Gasteiger partial charge in [-0.05, 0) is 0 Å². The Morgan fingerprint density at radius 1 is 1.28 bits per heavy atom. The second kappa shape index (κ2) is 6.75. The maximum Gasteiger partial charge on any atom is 0.288 e. The first-order chi connectivity index (χ1) is 8.21. The lowest BCUT2D eigenvalue weighted by Gasteiger charge is -2.08. The van der Waals surface area contributed by atoms with Crippen LogP contribution in [0.1, 0.15) is 52.1 Å². The molecule has 1 aromatic heterocycles. The van der Waals surface area contributed by atoms with E-state index in [9.17, 15) is 17.6 Å². The third-order valence-electron chi connectivity index (χ3n) is 2.11. The van der Waals surface area contributed by atoms with E-state index in [0.717, 1.165) is 10.8 Å². The lowest BCUT2D eigenvalue weighted by atomic mass is 10.2. The molecule has 2 nitrogen and oxygen atoms in total. The van der Waals surface area contributed by atoms with E-state index in [4.69, 9.17) is 0 Å². The Bertz CT molecular complexity index is 353. The van der Waals surface area contributed by atoms with Gasteiger partial charge in [0.1, 0.15) is 11.5 Å². The fourth-order valence-corrected chi connectivity index (χ4v) is 1.40. The van der Waals surface area contributed by atoms with E-state index < -0.39 is 24.6 Å². The molecule has 18 heavy (non-hydrogen) atoms. The molecule has 0 aliphatic carbocycles. The Labute approximate surface area is 105 Å². The molecule has 0 spiro atoms. The van der Waals surface area contributed by atoms with Crippen LogP contribution in [0, 0.1) is 0 Å². The van der Waals surface area contributed by atoms with E-state index in [1.165, 1.54) is 0 Å². The smallest absolute Gasteiger partial charge is 0.288 e. The van der Waals surface area contributed by atoms with Crippen molar-refractivity contribution in [3.8, 4) is 0 Å². The number of rotatable bonds is 4. The summed E-state index contributed by atoms with van der Waals surface area (Å²) in [6.45, 7) is 7.55. The van der Waals surface area contributed by atoms with Gasteiger partial charge in [0.15, 0.2) is 0 Å². The van der Waals surface area contributed by atoms with Crippen molar-refractivity contribution < 1.29 is 17.6 Å². The van der Waals surface area contributed by atoms with Gasteiger partial charge < -0.3 is 4.57 Å². The van der Waals surface area contributed by atoms with Crippen LogP contribution in [0.5, 0.6) is 0 Å². The quantitative estimate of drug-likeness (QED) is 0.740. The van der Waals surface area contributed by atoms with Crippen LogP contribution in [0.2, 0.25) is 0 Å². The third-order valence-corrected chi connectivity index (χ3v) is 2.11. The molecule has 0 radical (unpaired) electrons. The predicted octanol–water partition coefficient (Wildman–Crippen LogP) is 4.41. The Hall–Kier alpha value is -1.07. The summed E-state index contributed by atoms with van der Waals surface area (Å²) in [5, 5.41) is 0. The predicted molar refractivity (Wildman–Crippen MR) is 63.2 cm³/mol. The SMILES string of the molecule is CC.CC(C)c1nc(C(C)(F)F)cn1CC(F)F. The Balaban J connectivity index is 0.00000137. The first-order valence-corrected chi connectivity index (χ1v) is 5.95. The fourth-order valence-electron chi connectivity index (χ4n) is 1.40. The van der Waals surface area contributed by atoms with Gasteiger partial charge in [-0.2, -0.15) is 8.78 Å². The van der Waals surface area contributed by atoms with Gasteiger partial charge in [-0.3, -0.25) is 0 Å². The van der Waals surface area contributed by atoms with Crippen LogP contribution in [0.25, 0.3) is 0 Å². The summed E-state index contributed by atoms with van der Waals surface area (Å²) in [7, 11) is 0. The van der Waals surface area contributed by atoms with E-state index in [2.05, 4.69) is 4.98 Å². The summed E-state index contributed by atoms with van der Waals surface area (Å²) < 4.78 is 51.5. The zero-order chi connectivity index (χ0) is 14.5. The number of alkyl halides is 4. The van der Waals surface area contributed by atoms with Crippen LogP contribution in [-0.2, 0) is 12.5 Å². The minimum Gasteiger partial charge on any atom is -0.328 e. The maximum atomic E-state index is 13.0. The topological polar surface area (TPSA) is 17.8 Å². The van der Waals surface area contributed by atoms with Crippen molar-refractivity contribution in [2.75, 3.05) is 0 Å². The van der Waals surface area contributed by atoms with Crippen molar-refractivity contribution in [1.29, 1.82) is 0 Å². The molecule has 0 bridgehead atoms. The second-order valence-electron chi connectivity index (χ2n) is 4.07. The van der Waals surface area contributed by atoms with Crippen molar-refractivity contribution in [2.45, 2.75) is 59.4 Å². The van der Waals surface area contributed by atoms with Crippen molar-refractivity contribution in [1.82, 2.24) is 9.55 Å². The molecule has 1 aromatic rings. The molecule has 6 heteroatoms. The van der Waals surface area contributed by atoms with Gasteiger partial charge in [-0.15, -0.1) is 0 Å². The van der Waals surface area contributed by atoms with Gasteiger partial charge in [0.2, 0.25) is 0 Å². The highest BCUT2D eigenvalue weighted by molar-refractivity contribution is 5.11. The van der Waals surface area contributed by atoms with Gasteiger partial charge in [0, 0.05) is 19.0 Å². The van der Waals surface area contributed by atoms with Crippen LogP contribution >= 0.6 is 0 Å². The summed E-state index contributed by atoms with van der Waals surface area (Å²) in [5.74, 6) is -3.01. The van der Waals surface area contributed by atoms with Crippen LogP contribution in [0.15, 0.2) is 6.20 Å². The van der Waals surface area contributed by atoms with E-state index in [1.807, 2.05) is 13.8 Å². The highest BCUT2D eigenvalue weighted by atomic mass is 19.3. The number of aromatic nitrogens is 2. The molecule has 0 atom stereocenters. The molecule has 1 heterocycles. The first kappa shape index (κ1) is 16.9. The Kier molecular flexibility index (Phi) is 6.35. The van der Waals surface area contributed by atoms with E-state index in [0.29, 0.717) is 6.92 Å². The lowest BCUT2D eigenvalue weighted by molar-refractivity contribution is 0.0128.